The zero-order valence-electron chi connectivity index (χ0n) is 10.7. The Morgan fingerprint density at radius 3 is 2.88 bits per heavy atom. The molecule has 0 N–H and O–H groups in total. The number of aryl methyl sites for hydroxylation is 2. The first-order valence-electron chi connectivity index (χ1n) is 6.67. The van der Waals surface area contributed by atoms with Crippen LogP contribution < -0.4 is 0 Å². The van der Waals surface area contributed by atoms with E-state index in [0.717, 1.165) is 19.3 Å². The molecular formula is C15H20N2. The fourth-order valence-corrected chi connectivity index (χ4v) is 3.18. The van der Waals surface area contributed by atoms with Crippen LogP contribution >= 0.6 is 0 Å². The van der Waals surface area contributed by atoms with Crippen LogP contribution in [0, 0.1) is 6.92 Å². The molecule has 0 saturated carbocycles. The summed E-state index contributed by atoms with van der Waals surface area (Å²) in [5.41, 5.74) is 4.15. The van der Waals surface area contributed by atoms with Crippen molar-refractivity contribution >= 4 is 5.57 Å². The second kappa shape index (κ2) is 4.17. The predicted octanol–water partition coefficient (Wildman–Crippen LogP) is 3.82. The van der Waals surface area contributed by atoms with E-state index in [1.54, 1.807) is 0 Å². The van der Waals surface area contributed by atoms with Crippen LogP contribution in [-0.2, 0) is 6.42 Å². The van der Waals surface area contributed by atoms with E-state index < -0.39 is 0 Å². The minimum absolute atomic E-state index is 0.623. The fourth-order valence-electron chi connectivity index (χ4n) is 3.18. The van der Waals surface area contributed by atoms with Crippen molar-refractivity contribution in [2.45, 2.75) is 52.0 Å². The summed E-state index contributed by atoms with van der Waals surface area (Å²) in [7, 11) is 0. The lowest BCUT2D eigenvalue weighted by atomic mass is 9.97. The Morgan fingerprint density at radius 1 is 1.24 bits per heavy atom. The molecule has 0 aromatic carbocycles. The van der Waals surface area contributed by atoms with Gasteiger partial charge in [-0.25, -0.2) is 4.98 Å². The van der Waals surface area contributed by atoms with E-state index in [9.17, 15) is 0 Å². The number of rotatable bonds is 1. The van der Waals surface area contributed by atoms with Gasteiger partial charge in [0.2, 0.25) is 0 Å². The molecule has 0 spiro atoms. The van der Waals surface area contributed by atoms with Crippen LogP contribution in [0.25, 0.3) is 5.57 Å². The van der Waals surface area contributed by atoms with Crippen molar-refractivity contribution in [2.75, 3.05) is 0 Å². The Hall–Kier alpha value is -1.31. The summed E-state index contributed by atoms with van der Waals surface area (Å²) in [6.07, 6.45) is 12.9. The van der Waals surface area contributed by atoms with Crippen LogP contribution in [0.5, 0.6) is 0 Å². The summed E-state index contributed by atoms with van der Waals surface area (Å²) >= 11 is 0. The van der Waals surface area contributed by atoms with Gasteiger partial charge in [-0.1, -0.05) is 18.2 Å². The SMILES string of the molecule is CC1=CCCc2nc(C)n(C3CC=CCC3)c21. The van der Waals surface area contributed by atoms with Gasteiger partial charge in [-0.15, -0.1) is 0 Å². The van der Waals surface area contributed by atoms with Gasteiger partial charge < -0.3 is 4.57 Å². The van der Waals surface area contributed by atoms with E-state index in [1.807, 2.05) is 0 Å². The van der Waals surface area contributed by atoms with Gasteiger partial charge in [0.25, 0.3) is 0 Å². The average molecular weight is 228 g/mol. The molecule has 2 nitrogen and oxygen atoms in total. The largest absolute Gasteiger partial charge is 0.325 e. The summed E-state index contributed by atoms with van der Waals surface area (Å²) in [6.45, 7) is 4.39. The molecule has 2 heteroatoms. The molecular weight excluding hydrogens is 208 g/mol. The van der Waals surface area contributed by atoms with E-state index in [4.69, 9.17) is 4.98 Å². The second-order valence-corrected chi connectivity index (χ2v) is 5.19. The number of nitrogens with zero attached hydrogens (tertiary/aromatic N) is 2. The third kappa shape index (κ3) is 1.76. The van der Waals surface area contributed by atoms with E-state index >= 15 is 0 Å². The lowest BCUT2D eigenvalue weighted by Crippen LogP contribution is -2.15. The molecule has 2 aliphatic rings. The maximum absolute atomic E-state index is 4.77. The third-order valence-electron chi connectivity index (χ3n) is 3.97. The second-order valence-electron chi connectivity index (χ2n) is 5.19. The molecule has 0 bridgehead atoms. The van der Waals surface area contributed by atoms with Crippen molar-refractivity contribution in [2.24, 2.45) is 0 Å². The van der Waals surface area contributed by atoms with E-state index in [2.05, 4.69) is 36.6 Å². The maximum Gasteiger partial charge on any atom is 0.106 e. The molecule has 1 heterocycles. The Labute approximate surface area is 103 Å². The van der Waals surface area contributed by atoms with Gasteiger partial charge in [-0.2, -0.15) is 0 Å². The lowest BCUT2D eigenvalue weighted by molar-refractivity contribution is 0.448. The number of fused-ring (bicyclic) bond motifs is 1. The number of imidazole rings is 1. The Bertz CT molecular complexity index is 491. The number of aromatic nitrogens is 2. The van der Waals surface area contributed by atoms with Crippen molar-refractivity contribution in [1.82, 2.24) is 9.55 Å². The Kier molecular flexibility index (Phi) is 2.65. The summed E-state index contributed by atoms with van der Waals surface area (Å²) in [5, 5.41) is 0. The van der Waals surface area contributed by atoms with Crippen molar-refractivity contribution in [1.29, 1.82) is 0 Å². The smallest absolute Gasteiger partial charge is 0.106 e. The van der Waals surface area contributed by atoms with E-state index in [-0.39, 0.29) is 0 Å². The first kappa shape index (κ1) is 10.8. The van der Waals surface area contributed by atoms with Crippen LogP contribution in [0.15, 0.2) is 18.2 Å². The van der Waals surface area contributed by atoms with Crippen LogP contribution in [-0.4, -0.2) is 9.55 Å². The van der Waals surface area contributed by atoms with Gasteiger partial charge in [0, 0.05) is 6.04 Å². The summed E-state index contributed by atoms with van der Waals surface area (Å²) in [5.74, 6) is 1.20. The first-order chi connectivity index (χ1) is 8.27. The van der Waals surface area contributed by atoms with Crippen molar-refractivity contribution in [3.05, 3.63) is 35.4 Å². The van der Waals surface area contributed by atoms with Gasteiger partial charge in [-0.3, -0.25) is 0 Å². The molecule has 0 fully saturated rings. The zero-order valence-corrected chi connectivity index (χ0v) is 10.7. The van der Waals surface area contributed by atoms with Gasteiger partial charge in [0.05, 0.1) is 11.4 Å². The van der Waals surface area contributed by atoms with Gasteiger partial charge >= 0.3 is 0 Å². The highest BCUT2D eigenvalue weighted by molar-refractivity contribution is 5.65. The van der Waals surface area contributed by atoms with Gasteiger partial charge in [-0.05, 0) is 51.5 Å². The molecule has 1 atom stereocenters. The van der Waals surface area contributed by atoms with Crippen LogP contribution in [0.2, 0.25) is 0 Å². The van der Waals surface area contributed by atoms with Gasteiger partial charge in [0.15, 0.2) is 0 Å². The minimum atomic E-state index is 0.623. The highest BCUT2D eigenvalue weighted by Crippen LogP contribution is 2.33. The lowest BCUT2D eigenvalue weighted by Gasteiger charge is -2.25. The zero-order chi connectivity index (χ0) is 11.8. The van der Waals surface area contributed by atoms with E-state index in [0.29, 0.717) is 6.04 Å². The third-order valence-corrected chi connectivity index (χ3v) is 3.97. The fraction of sp³-hybridized carbons (Fsp3) is 0.533. The molecule has 1 aromatic heterocycles. The summed E-state index contributed by atoms with van der Waals surface area (Å²) in [4.78, 5) is 4.77. The standard InChI is InChI=1S/C15H20N2/c1-11-7-6-10-14-15(11)17(12(2)16-14)13-8-4-3-5-9-13/h3-4,7,13H,5-6,8-10H2,1-2H3. The molecule has 1 unspecified atom stereocenters. The summed E-state index contributed by atoms with van der Waals surface area (Å²) in [6, 6.07) is 0.623. The normalized spacial score (nSPS) is 23.4. The predicted molar refractivity (Wildman–Crippen MR) is 71.0 cm³/mol. The molecule has 0 radical (unpaired) electrons. The molecule has 3 rings (SSSR count). The highest BCUT2D eigenvalue weighted by atomic mass is 15.1. The Balaban J connectivity index is 2.07. The van der Waals surface area contributed by atoms with E-state index in [1.165, 1.54) is 35.6 Å². The maximum atomic E-state index is 4.77. The first-order valence-corrected chi connectivity index (χ1v) is 6.67. The molecule has 2 aliphatic carbocycles. The number of hydrogen-bond donors (Lipinski definition) is 0. The molecule has 1 aromatic rings. The Morgan fingerprint density at radius 2 is 2.12 bits per heavy atom. The number of hydrogen-bond acceptors (Lipinski definition) is 1. The van der Waals surface area contributed by atoms with Crippen molar-refractivity contribution in [3.8, 4) is 0 Å². The molecule has 0 aliphatic heterocycles. The highest BCUT2D eigenvalue weighted by Gasteiger charge is 2.23. The van der Waals surface area contributed by atoms with Crippen LogP contribution in [0.3, 0.4) is 0 Å². The quantitative estimate of drug-likeness (QED) is 0.668. The monoisotopic (exact) mass is 228 g/mol. The molecule has 17 heavy (non-hydrogen) atoms. The average Bonchev–Trinajstić information content (AvgIpc) is 2.68. The molecule has 0 amide bonds. The van der Waals surface area contributed by atoms with Gasteiger partial charge in [0.1, 0.15) is 5.82 Å². The van der Waals surface area contributed by atoms with Crippen molar-refractivity contribution < 1.29 is 0 Å². The number of allylic oxidation sites excluding steroid dienone is 4. The summed E-state index contributed by atoms with van der Waals surface area (Å²) < 4.78 is 2.49. The molecule has 90 valence electrons. The van der Waals surface area contributed by atoms with Crippen molar-refractivity contribution in [3.63, 3.8) is 0 Å². The molecule has 0 saturated heterocycles. The topological polar surface area (TPSA) is 17.8 Å². The minimum Gasteiger partial charge on any atom is -0.325 e. The van der Waals surface area contributed by atoms with Crippen LogP contribution in [0.4, 0.5) is 0 Å². The van der Waals surface area contributed by atoms with Crippen LogP contribution in [0.1, 0.15) is 55.9 Å².